The molecule has 0 radical (unpaired) electrons. The first-order chi connectivity index (χ1) is 21.0. The van der Waals surface area contributed by atoms with Gasteiger partial charge in [0.05, 0.1) is 6.10 Å². The van der Waals surface area contributed by atoms with Crippen LogP contribution in [0.5, 0.6) is 0 Å². The first-order valence-corrected chi connectivity index (χ1v) is 18.9. The van der Waals surface area contributed by atoms with Gasteiger partial charge in [-0.25, -0.2) is 0 Å². The molecule has 0 aromatic heterocycles. The second kappa shape index (κ2) is 15.0. The first-order valence-electron chi connectivity index (χ1n) is 18.9. The van der Waals surface area contributed by atoms with Gasteiger partial charge in [-0.2, -0.15) is 0 Å². The van der Waals surface area contributed by atoms with Gasteiger partial charge in [0.1, 0.15) is 0 Å². The van der Waals surface area contributed by atoms with Gasteiger partial charge < -0.3 is 31.3 Å². The summed E-state index contributed by atoms with van der Waals surface area (Å²) in [4.78, 5) is 17.6. The maximum absolute atomic E-state index is 12.4. The molecule has 1 aliphatic heterocycles. The monoisotopic (exact) mass is 616 g/mol. The molecule has 7 heteroatoms. The first kappa shape index (κ1) is 34.6. The summed E-state index contributed by atoms with van der Waals surface area (Å²) < 4.78 is 0. The number of carbonyl (C=O) groups excluding carboxylic acids is 1. The van der Waals surface area contributed by atoms with Crippen molar-refractivity contribution >= 4 is 5.91 Å². The second-order valence-electron chi connectivity index (χ2n) is 16.9. The molecule has 0 aromatic rings. The second-order valence-corrected chi connectivity index (χ2v) is 16.9. The van der Waals surface area contributed by atoms with Crippen LogP contribution in [0.15, 0.2) is 0 Å². The van der Waals surface area contributed by atoms with Crippen molar-refractivity contribution in [2.75, 3.05) is 52.4 Å². The van der Waals surface area contributed by atoms with Crippen LogP contribution in [-0.4, -0.2) is 91.4 Å². The third-order valence-electron chi connectivity index (χ3n) is 13.9. The highest BCUT2D eigenvalue weighted by Gasteiger charge is 2.62. The Bertz CT molecular complexity index is 924. The minimum Gasteiger partial charge on any atom is -0.393 e. The quantitative estimate of drug-likeness (QED) is 0.221. The summed E-state index contributed by atoms with van der Waals surface area (Å²) in [6, 6.07) is 0.831. The van der Waals surface area contributed by atoms with E-state index in [1.165, 1.54) is 84.1 Å². The standard InChI is InChI=1S/C37H69N5O2/c1-26(2)40-34(44)11-8-27(3)30-9-10-31-35-32(13-15-37(30,31)5)36(4)14-12-29(24-28(36)25-33(35)43)39-17-7-19-42-22-20-41(21-23-42)18-6-16-38/h26-33,35,39,43H,6-25,38H2,1-5H3,(H,40,44)/t27-,28?,29+,30-,31?,32?,33+,35?,36+,37-/m1/s1. The van der Waals surface area contributed by atoms with Crippen LogP contribution in [0.4, 0.5) is 0 Å². The molecular formula is C37H69N5O2. The van der Waals surface area contributed by atoms with Crippen molar-refractivity contribution in [2.24, 2.45) is 52.1 Å². The number of aliphatic hydroxyl groups excluding tert-OH is 1. The third-order valence-corrected chi connectivity index (χ3v) is 13.9. The Morgan fingerprint density at radius 1 is 0.909 bits per heavy atom. The molecule has 1 saturated heterocycles. The summed E-state index contributed by atoms with van der Waals surface area (Å²) in [5.74, 6) is 3.88. The van der Waals surface area contributed by atoms with Crippen LogP contribution < -0.4 is 16.4 Å². The zero-order chi connectivity index (χ0) is 31.5. The number of hydrogen-bond acceptors (Lipinski definition) is 6. The molecule has 0 bridgehead atoms. The summed E-state index contributed by atoms with van der Waals surface area (Å²) in [6.07, 6.45) is 13.9. The summed E-state index contributed by atoms with van der Waals surface area (Å²) in [5.41, 5.74) is 6.39. The van der Waals surface area contributed by atoms with Gasteiger partial charge in [0.2, 0.25) is 5.91 Å². The van der Waals surface area contributed by atoms with E-state index < -0.39 is 0 Å². The van der Waals surface area contributed by atoms with Crippen LogP contribution in [0.25, 0.3) is 0 Å². The molecule has 1 amide bonds. The van der Waals surface area contributed by atoms with Gasteiger partial charge in [0.25, 0.3) is 0 Å². The number of piperazine rings is 1. The summed E-state index contributed by atoms with van der Waals surface area (Å²) in [6.45, 7) is 20.7. The fourth-order valence-electron chi connectivity index (χ4n) is 11.5. The topological polar surface area (TPSA) is 93.9 Å². The molecular weight excluding hydrogens is 546 g/mol. The SMILES string of the molecule is CC(C)NC(=O)CC[C@@H](C)[C@H]1CCC2C3C(CC[C@@]21C)[C@@]1(C)CC[C@H](NCCCN2CCN(CCCN)CC2)CC1C[C@@H]3O. The van der Waals surface area contributed by atoms with Crippen molar-refractivity contribution in [1.29, 1.82) is 0 Å². The highest BCUT2D eigenvalue weighted by molar-refractivity contribution is 5.76. The zero-order valence-electron chi connectivity index (χ0n) is 29.2. The van der Waals surface area contributed by atoms with Crippen molar-refractivity contribution in [1.82, 2.24) is 20.4 Å². The number of nitrogens with two attached hydrogens (primary N) is 1. The number of nitrogens with one attached hydrogen (secondary N) is 2. The van der Waals surface area contributed by atoms with E-state index in [9.17, 15) is 9.90 Å². The van der Waals surface area contributed by atoms with E-state index in [2.05, 4.69) is 41.2 Å². The molecule has 1 heterocycles. The van der Waals surface area contributed by atoms with Crippen LogP contribution in [0.1, 0.15) is 112 Å². The number of nitrogens with zero attached hydrogens (tertiary/aromatic N) is 2. The molecule has 0 spiro atoms. The van der Waals surface area contributed by atoms with Gasteiger partial charge in [-0.15, -0.1) is 0 Å². The zero-order valence-corrected chi connectivity index (χ0v) is 29.2. The molecule has 4 unspecified atom stereocenters. The van der Waals surface area contributed by atoms with Crippen LogP contribution in [-0.2, 0) is 4.79 Å². The third kappa shape index (κ3) is 7.53. The van der Waals surface area contributed by atoms with Crippen LogP contribution >= 0.6 is 0 Å². The van der Waals surface area contributed by atoms with E-state index >= 15 is 0 Å². The van der Waals surface area contributed by atoms with Crippen molar-refractivity contribution in [3.8, 4) is 0 Å². The van der Waals surface area contributed by atoms with Crippen LogP contribution in [0.2, 0.25) is 0 Å². The highest BCUT2D eigenvalue weighted by atomic mass is 16.3. The normalized spacial score (nSPS) is 40.3. The lowest BCUT2D eigenvalue weighted by atomic mass is 9.43. The van der Waals surface area contributed by atoms with E-state index in [4.69, 9.17) is 5.73 Å². The maximum atomic E-state index is 12.4. The van der Waals surface area contributed by atoms with Crippen molar-refractivity contribution in [3.63, 3.8) is 0 Å². The Kier molecular flexibility index (Phi) is 11.8. The Morgan fingerprint density at radius 2 is 1.57 bits per heavy atom. The van der Waals surface area contributed by atoms with E-state index in [0.717, 1.165) is 38.9 Å². The lowest BCUT2D eigenvalue weighted by molar-refractivity contribution is -0.167. The average molecular weight is 616 g/mol. The Morgan fingerprint density at radius 3 is 2.25 bits per heavy atom. The predicted octanol–water partition coefficient (Wildman–Crippen LogP) is 4.87. The fourth-order valence-corrected chi connectivity index (χ4v) is 11.5. The van der Waals surface area contributed by atoms with E-state index in [-0.39, 0.29) is 18.1 Å². The minimum atomic E-state index is -0.143. The van der Waals surface area contributed by atoms with Crippen LogP contribution in [0, 0.1) is 46.3 Å². The molecule has 5 fully saturated rings. The summed E-state index contributed by atoms with van der Waals surface area (Å²) in [7, 11) is 0. The van der Waals surface area contributed by atoms with E-state index in [0.29, 0.717) is 58.8 Å². The van der Waals surface area contributed by atoms with E-state index in [1.807, 2.05) is 13.8 Å². The minimum absolute atomic E-state index is 0.143. The van der Waals surface area contributed by atoms with Crippen molar-refractivity contribution in [2.45, 2.75) is 130 Å². The van der Waals surface area contributed by atoms with Crippen molar-refractivity contribution < 1.29 is 9.90 Å². The lowest BCUT2D eigenvalue weighted by Crippen LogP contribution is -2.59. The fraction of sp³-hybridized carbons (Fsp3) is 0.973. The van der Waals surface area contributed by atoms with Gasteiger partial charge in [-0.05, 0) is 157 Å². The molecule has 5 N–H and O–H groups in total. The molecule has 254 valence electrons. The molecule has 0 aromatic carbocycles. The molecule has 4 aliphatic carbocycles. The number of carbonyl (C=O) groups is 1. The van der Waals surface area contributed by atoms with Gasteiger partial charge >= 0.3 is 0 Å². The van der Waals surface area contributed by atoms with Gasteiger partial charge in [0.15, 0.2) is 0 Å². The largest absolute Gasteiger partial charge is 0.393 e. The molecule has 10 atom stereocenters. The summed E-state index contributed by atoms with van der Waals surface area (Å²) >= 11 is 0. The highest BCUT2D eigenvalue weighted by Crippen LogP contribution is 2.68. The average Bonchev–Trinajstić information content (AvgIpc) is 3.35. The summed E-state index contributed by atoms with van der Waals surface area (Å²) in [5, 5.41) is 18.9. The molecule has 44 heavy (non-hydrogen) atoms. The molecule has 4 saturated carbocycles. The Balaban J connectivity index is 1.09. The number of rotatable bonds is 13. The number of fused-ring (bicyclic) bond motifs is 5. The smallest absolute Gasteiger partial charge is 0.220 e. The van der Waals surface area contributed by atoms with Gasteiger partial charge in [-0.1, -0.05) is 20.8 Å². The number of hydrogen-bond donors (Lipinski definition) is 4. The number of aliphatic hydroxyl groups is 1. The molecule has 5 rings (SSSR count). The van der Waals surface area contributed by atoms with Crippen molar-refractivity contribution in [3.05, 3.63) is 0 Å². The molecule has 5 aliphatic rings. The number of amides is 1. The lowest BCUT2D eigenvalue weighted by Gasteiger charge is -2.62. The van der Waals surface area contributed by atoms with Crippen LogP contribution in [0.3, 0.4) is 0 Å². The van der Waals surface area contributed by atoms with E-state index in [1.54, 1.807) is 0 Å². The predicted molar refractivity (Wildman–Crippen MR) is 181 cm³/mol. The maximum Gasteiger partial charge on any atom is 0.220 e. The Labute approximate surface area is 270 Å². The Hall–Kier alpha value is -0.730. The molecule has 7 nitrogen and oxygen atoms in total. The van der Waals surface area contributed by atoms with Gasteiger partial charge in [0, 0.05) is 44.7 Å². The van der Waals surface area contributed by atoms with Gasteiger partial charge in [-0.3, -0.25) is 4.79 Å².